The van der Waals surface area contributed by atoms with Crippen molar-refractivity contribution in [3.63, 3.8) is 0 Å². The number of anilines is 1. The molecule has 3 aromatic rings. The summed E-state index contributed by atoms with van der Waals surface area (Å²) in [5, 5.41) is 17.3. The van der Waals surface area contributed by atoms with Crippen LogP contribution in [-0.4, -0.2) is 26.2 Å². The molecule has 1 aromatic heterocycles. The average Bonchev–Trinajstić information content (AvgIpc) is 3.03. The van der Waals surface area contributed by atoms with Crippen LogP contribution in [0, 0.1) is 20.8 Å². The minimum absolute atomic E-state index is 0.0974. The highest BCUT2D eigenvalue weighted by molar-refractivity contribution is 5.89. The van der Waals surface area contributed by atoms with E-state index in [1.165, 1.54) is 5.56 Å². The third-order valence-corrected chi connectivity index (χ3v) is 4.22. The Kier molecular flexibility index (Phi) is 4.97. The number of hydrogen-bond acceptors (Lipinski definition) is 4. The Balaban J connectivity index is 1.70. The highest BCUT2D eigenvalue weighted by atomic mass is 16.2. The van der Waals surface area contributed by atoms with E-state index < -0.39 is 0 Å². The number of aromatic nitrogens is 4. The molecule has 26 heavy (non-hydrogen) atoms. The summed E-state index contributed by atoms with van der Waals surface area (Å²) in [5.74, 6) is 0.676. The van der Waals surface area contributed by atoms with Gasteiger partial charge in [-0.05, 0) is 67.4 Å². The molecule has 1 heterocycles. The first-order valence-corrected chi connectivity index (χ1v) is 8.44. The van der Waals surface area contributed by atoms with Crippen LogP contribution in [0.4, 0.5) is 10.5 Å². The standard InChI is InChI=1S/C19H22N6O/c1-12-8-9-13(2)18(10-12)14(3)20-19(26)21-16-6-5-7-17(11-16)25-15(4)22-23-24-25/h5-11,14H,1-4H3,(H2,20,21,26)/t14-/m0/s1. The first-order valence-electron chi connectivity index (χ1n) is 8.44. The van der Waals surface area contributed by atoms with Crippen LogP contribution < -0.4 is 10.6 Å². The molecule has 0 aliphatic heterocycles. The number of carbonyl (C=O) groups is 1. The van der Waals surface area contributed by atoms with E-state index >= 15 is 0 Å². The Morgan fingerprint density at radius 2 is 1.92 bits per heavy atom. The number of nitrogens with one attached hydrogen (secondary N) is 2. The van der Waals surface area contributed by atoms with Crippen molar-refractivity contribution in [3.05, 3.63) is 65.0 Å². The Bertz CT molecular complexity index is 933. The maximum absolute atomic E-state index is 12.4. The summed E-state index contributed by atoms with van der Waals surface area (Å²) in [6, 6.07) is 13.3. The summed E-state index contributed by atoms with van der Waals surface area (Å²) in [4.78, 5) is 12.4. The number of amides is 2. The van der Waals surface area contributed by atoms with E-state index in [9.17, 15) is 4.79 Å². The van der Waals surface area contributed by atoms with Crippen molar-refractivity contribution in [2.75, 3.05) is 5.32 Å². The van der Waals surface area contributed by atoms with E-state index in [2.05, 4.69) is 44.4 Å². The number of carbonyl (C=O) groups excluding carboxylic acids is 1. The van der Waals surface area contributed by atoms with Crippen LogP contribution in [-0.2, 0) is 0 Å². The van der Waals surface area contributed by atoms with E-state index in [0.29, 0.717) is 11.5 Å². The third-order valence-electron chi connectivity index (χ3n) is 4.22. The molecule has 0 unspecified atom stereocenters. The molecule has 0 bridgehead atoms. The lowest BCUT2D eigenvalue weighted by molar-refractivity contribution is 0.249. The second kappa shape index (κ2) is 7.35. The summed E-state index contributed by atoms with van der Waals surface area (Å²) in [6.45, 7) is 7.88. The Morgan fingerprint density at radius 3 is 2.65 bits per heavy atom. The van der Waals surface area contributed by atoms with E-state index in [1.54, 1.807) is 4.68 Å². The molecule has 0 aliphatic rings. The van der Waals surface area contributed by atoms with Crippen molar-refractivity contribution in [1.82, 2.24) is 25.5 Å². The maximum atomic E-state index is 12.4. The molecule has 134 valence electrons. The third kappa shape index (κ3) is 3.88. The number of nitrogens with zero attached hydrogens (tertiary/aromatic N) is 4. The lowest BCUT2D eigenvalue weighted by Crippen LogP contribution is -2.31. The highest BCUT2D eigenvalue weighted by Gasteiger charge is 2.12. The van der Waals surface area contributed by atoms with E-state index in [4.69, 9.17) is 0 Å². The predicted molar refractivity (Wildman–Crippen MR) is 100 cm³/mol. The summed E-state index contributed by atoms with van der Waals surface area (Å²) in [5.41, 5.74) is 4.89. The quantitative estimate of drug-likeness (QED) is 0.754. The predicted octanol–water partition coefficient (Wildman–Crippen LogP) is 3.47. The zero-order chi connectivity index (χ0) is 18.7. The van der Waals surface area contributed by atoms with Crippen molar-refractivity contribution in [2.24, 2.45) is 0 Å². The zero-order valence-electron chi connectivity index (χ0n) is 15.3. The largest absolute Gasteiger partial charge is 0.331 e. The van der Waals surface area contributed by atoms with Crippen LogP contribution in [0.1, 0.15) is 35.5 Å². The Labute approximate surface area is 152 Å². The molecule has 0 radical (unpaired) electrons. The number of rotatable bonds is 4. The van der Waals surface area contributed by atoms with Gasteiger partial charge in [-0.25, -0.2) is 4.79 Å². The molecule has 0 aliphatic carbocycles. The molecule has 1 atom stereocenters. The van der Waals surface area contributed by atoms with E-state index in [0.717, 1.165) is 16.8 Å². The Hall–Kier alpha value is -3.22. The Morgan fingerprint density at radius 1 is 1.12 bits per heavy atom. The van der Waals surface area contributed by atoms with Gasteiger partial charge >= 0.3 is 6.03 Å². The summed E-state index contributed by atoms with van der Waals surface area (Å²) >= 11 is 0. The first-order chi connectivity index (χ1) is 12.4. The van der Waals surface area contributed by atoms with Gasteiger partial charge in [0.05, 0.1) is 11.7 Å². The van der Waals surface area contributed by atoms with Crippen molar-refractivity contribution < 1.29 is 4.79 Å². The van der Waals surface area contributed by atoms with Crippen molar-refractivity contribution >= 4 is 11.7 Å². The minimum atomic E-state index is -0.260. The monoisotopic (exact) mass is 350 g/mol. The summed E-state index contributed by atoms with van der Waals surface area (Å²) < 4.78 is 1.61. The topological polar surface area (TPSA) is 84.7 Å². The van der Waals surface area contributed by atoms with Crippen LogP contribution in [0.2, 0.25) is 0 Å². The second-order valence-corrected chi connectivity index (χ2v) is 6.37. The van der Waals surface area contributed by atoms with E-state index in [1.807, 2.05) is 52.0 Å². The number of benzene rings is 2. The lowest BCUT2D eigenvalue weighted by Gasteiger charge is -2.18. The fourth-order valence-corrected chi connectivity index (χ4v) is 2.85. The van der Waals surface area contributed by atoms with Crippen LogP contribution in [0.3, 0.4) is 0 Å². The molecule has 0 saturated heterocycles. The molecule has 0 saturated carbocycles. The molecule has 7 nitrogen and oxygen atoms in total. The molecule has 7 heteroatoms. The van der Waals surface area contributed by atoms with Gasteiger partial charge in [0.2, 0.25) is 0 Å². The van der Waals surface area contributed by atoms with Gasteiger partial charge in [-0.3, -0.25) is 0 Å². The normalized spacial score (nSPS) is 11.8. The van der Waals surface area contributed by atoms with Gasteiger partial charge in [0.25, 0.3) is 0 Å². The molecule has 3 rings (SSSR count). The molecule has 2 N–H and O–H groups in total. The van der Waals surface area contributed by atoms with Crippen LogP contribution >= 0.6 is 0 Å². The second-order valence-electron chi connectivity index (χ2n) is 6.37. The van der Waals surface area contributed by atoms with Gasteiger partial charge in [0, 0.05) is 5.69 Å². The number of hydrogen-bond donors (Lipinski definition) is 2. The summed E-state index contributed by atoms with van der Waals surface area (Å²) in [7, 11) is 0. The SMILES string of the molecule is Cc1ccc(C)c([C@H](C)NC(=O)Nc2cccc(-n3nnnc3C)c2)c1. The van der Waals surface area contributed by atoms with Crippen LogP contribution in [0.5, 0.6) is 0 Å². The van der Waals surface area contributed by atoms with Crippen molar-refractivity contribution in [1.29, 1.82) is 0 Å². The fraction of sp³-hybridized carbons (Fsp3) is 0.263. The van der Waals surface area contributed by atoms with Gasteiger partial charge in [0.1, 0.15) is 0 Å². The molecular weight excluding hydrogens is 328 g/mol. The average molecular weight is 350 g/mol. The van der Waals surface area contributed by atoms with Gasteiger partial charge in [0.15, 0.2) is 5.82 Å². The van der Waals surface area contributed by atoms with Gasteiger partial charge in [-0.2, -0.15) is 4.68 Å². The fourth-order valence-electron chi connectivity index (χ4n) is 2.85. The van der Waals surface area contributed by atoms with Crippen LogP contribution in [0.15, 0.2) is 42.5 Å². The number of urea groups is 1. The van der Waals surface area contributed by atoms with E-state index in [-0.39, 0.29) is 12.1 Å². The van der Waals surface area contributed by atoms with Crippen molar-refractivity contribution in [3.8, 4) is 5.69 Å². The first kappa shape index (κ1) is 17.6. The molecule has 0 fully saturated rings. The number of aryl methyl sites for hydroxylation is 3. The molecule has 0 spiro atoms. The highest BCUT2D eigenvalue weighted by Crippen LogP contribution is 2.19. The zero-order valence-corrected chi connectivity index (χ0v) is 15.3. The summed E-state index contributed by atoms with van der Waals surface area (Å²) in [6.07, 6.45) is 0. The van der Waals surface area contributed by atoms with Gasteiger partial charge < -0.3 is 10.6 Å². The molecule has 2 aromatic carbocycles. The van der Waals surface area contributed by atoms with Gasteiger partial charge in [-0.1, -0.05) is 29.8 Å². The van der Waals surface area contributed by atoms with Gasteiger partial charge in [-0.15, -0.1) is 5.10 Å². The van der Waals surface area contributed by atoms with Crippen molar-refractivity contribution in [2.45, 2.75) is 33.7 Å². The number of tetrazole rings is 1. The molecular formula is C19H22N6O. The molecule has 2 amide bonds. The maximum Gasteiger partial charge on any atom is 0.319 e. The minimum Gasteiger partial charge on any atom is -0.331 e. The lowest BCUT2D eigenvalue weighted by atomic mass is 10.0. The van der Waals surface area contributed by atoms with Crippen LogP contribution in [0.25, 0.3) is 5.69 Å². The smallest absolute Gasteiger partial charge is 0.319 e.